The molecule has 5 aromatic rings. The molecular formula is C37H38N6O4S. The molecule has 0 spiro atoms. The summed E-state index contributed by atoms with van der Waals surface area (Å²) in [5.41, 5.74) is 15.4. The Morgan fingerprint density at radius 1 is 0.708 bits per heavy atom. The van der Waals surface area contributed by atoms with Gasteiger partial charge < -0.3 is 22.1 Å². The van der Waals surface area contributed by atoms with Crippen LogP contribution < -0.4 is 26.8 Å². The Morgan fingerprint density at radius 3 is 2.08 bits per heavy atom. The normalized spacial score (nSPS) is 12.6. The summed E-state index contributed by atoms with van der Waals surface area (Å²) in [5, 5.41) is 15.1. The summed E-state index contributed by atoms with van der Waals surface area (Å²) in [7, 11) is -4.01. The molecule has 2 atom stereocenters. The standard InChI is InChI=1S/C37H38N6O4S/c38-22-28-10-6-9-27(19-28)20-33(36(44)41-23-25-13-15-30(16-14-25)35(39)40)42-37(45)34(32-18-17-29-11-4-5-12-31(29)21-32)43-48(46,47)24-26-7-2-1-3-8-26/h1-19,21,33-34,43H,20,22-24,38H2,(H3,39,40)(H,41,44)(H,42,45). The van der Waals surface area contributed by atoms with Gasteiger partial charge in [-0.3, -0.25) is 15.0 Å². The molecule has 0 aromatic heterocycles. The number of amidine groups is 1. The van der Waals surface area contributed by atoms with Crippen LogP contribution >= 0.6 is 0 Å². The summed E-state index contributed by atoms with van der Waals surface area (Å²) in [6.07, 6.45) is 0.135. The maximum Gasteiger partial charge on any atom is 0.243 e. The molecule has 0 aliphatic heterocycles. The monoisotopic (exact) mass is 662 g/mol. The molecule has 10 nitrogen and oxygen atoms in total. The topological polar surface area (TPSA) is 180 Å². The van der Waals surface area contributed by atoms with Crippen molar-refractivity contribution in [2.75, 3.05) is 0 Å². The van der Waals surface area contributed by atoms with Crippen LogP contribution in [-0.4, -0.2) is 32.1 Å². The van der Waals surface area contributed by atoms with Crippen LogP contribution in [0.1, 0.15) is 39.4 Å². The predicted octanol–water partition coefficient (Wildman–Crippen LogP) is 3.79. The highest BCUT2D eigenvalue weighted by atomic mass is 32.2. The summed E-state index contributed by atoms with van der Waals surface area (Å²) in [6, 6.07) is 33.5. The van der Waals surface area contributed by atoms with Crippen LogP contribution in [0.3, 0.4) is 0 Å². The Hall–Kier alpha value is -5.36. The summed E-state index contributed by atoms with van der Waals surface area (Å²) >= 11 is 0. The molecule has 0 saturated carbocycles. The number of amides is 2. The van der Waals surface area contributed by atoms with E-state index in [2.05, 4.69) is 15.4 Å². The van der Waals surface area contributed by atoms with E-state index < -0.39 is 33.9 Å². The maximum atomic E-state index is 14.1. The molecule has 0 heterocycles. The van der Waals surface area contributed by atoms with Crippen molar-refractivity contribution in [3.05, 3.63) is 155 Å². The summed E-state index contributed by atoms with van der Waals surface area (Å²) in [4.78, 5) is 27.8. The second-order valence-electron chi connectivity index (χ2n) is 11.5. The van der Waals surface area contributed by atoms with E-state index in [1.54, 1.807) is 66.7 Å². The zero-order valence-corrected chi connectivity index (χ0v) is 27.0. The number of nitrogen functional groups attached to an aromatic ring is 1. The van der Waals surface area contributed by atoms with Crippen LogP contribution in [0.2, 0.25) is 0 Å². The highest BCUT2D eigenvalue weighted by molar-refractivity contribution is 7.88. The van der Waals surface area contributed by atoms with E-state index in [1.165, 1.54) is 0 Å². The lowest BCUT2D eigenvalue weighted by atomic mass is 10.00. The number of hydrogen-bond donors (Lipinski definition) is 6. The summed E-state index contributed by atoms with van der Waals surface area (Å²) < 4.78 is 29.5. The number of carbonyl (C=O) groups excluding carboxylic acids is 2. The SMILES string of the molecule is N=C(N)c1ccc(CNC(=O)C(Cc2cccc(CN)c2)NC(=O)C(NS(=O)(=O)Cc2ccccc2)c2ccc3ccccc3c2)cc1. The number of carbonyl (C=O) groups is 2. The number of nitrogens with one attached hydrogen (secondary N) is 4. The van der Waals surface area contributed by atoms with E-state index in [-0.39, 0.29) is 24.6 Å². The van der Waals surface area contributed by atoms with Gasteiger partial charge in [-0.2, -0.15) is 4.72 Å². The van der Waals surface area contributed by atoms with E-state index in [0.29, 0.717) is 23.2 Å². The number of hydrogen-bond acceptors (Lipinski definition) is 6. The first-order chi connectivity index (χ1) is 23.1. The predicted molar refractivity (Wildman–Crippen MR) is 188 cm³/mol. The molecule has 8 N–H and O–H groups in total. The van der Waals surface area contributed by atoms with Crippen molar-refractivity contribution >= 4 is 38.4 Å². The van der Waals surface area contributed by atoms with Gasteiger partial charge in [0.2, 0.25) is 21.8 Å². The highest BCUT2D eigenvalue weighted by Gasteiger charge is 2.30. The van der Waals surface area contributed by atoms with Crippen LogP contribution in [0, 0.1) is 5.41 Å². The second-order valence-corrected chi connectivity index (χ2v) is 13.3. The summed E-state index contributed by atoms with van der Waals surface area (Å²) in [5.74, 6) is -1.53. The van der Waals surface area contributed by atoms with Crippen LogP contribution in [0.25, 0.3) is 10.8 Å². The molecule has 48 heavy (non-hydrogen) atoms. The first-order valence-electron chi connectivity index (χ1n) is 15.4. The van der Waals surface area contributed by atoms with E-state index in [9.17, 15) is 18.0 Å². The number of sulfonamides is 1. The molecule has 5 aromatic carbocycles. The molecule has 0 fully saturated rings. The second kappa shape index (κ2) is 15.5. The minimum Gasteiger partial charge on any atom is -0.384 e. The number of rotatable bonds is 14. The first-order valence-corrected chi connectivity index (χ1v) is 17.1. The van der Waals surface area contributed by atoms with Crippen LogP contribution in [0.15, 0.2) is 121 Å². The maximum absolute atomic E-state index is 14.1. The zero-order valence-electron chi connectivity index (χ0n) is 26.2. The van der Waals surface area contributed by atoms with E-state index in [4.69, 9.17) is 16.9 Å². The molecule has 246 valence electrons. The van der Waals surface area contributed by atoms with Crippen LogP contribution in [0.4, 0.5) is 0 Å². The van der Waals surface area contributed by atoms with Gasteiger partial charge in [0.25, 0.3) is 0 Å². The average molecular weight is 663 g/mol. The molecule has 0 saturated heterocycles. The lowest BCUT2D eigenvalue weighted by molar-refractivity contribution is -0.130. The van der Waals surface area contributed by atoms with Gasteiger partial charge >= 0.3 is 0 Å². The molecule has 0 aliphatic rings. The minimum absolute atomic E-state index is 0.0616. The van der Waals surface area contributed by atoms with Gasteiger partial charge in [-0.25, -0.2) is 8.42 Å². The van der Waals surface area contributed by atoms with Gasteiger partial charge in [-0.1, -0.05) is 115 Å². The highest BCUT2D eigenvalue weighted by Crippen LogP contribution is 2.23. The fourth-order valence-corrected chi connectivity index (χ4v) is 6.69. The van der Waals surface area contributed by atoms with Crippen molar-refractivity contribution in [2.24, 2.45) is 11.5 Å². The van der Waals surface area contributed by atoms with Gasteiger partial charge in [-0.15, -0.1) is 0 Å². The van der Waals surface area contributed by atoms with Crippen molar-refractivity contribution in [3.8, 4) is 0 Å². The first kappa shape index (κ1) is 34.0. The van der Waals surface area contributed by atoms with E-state index in [1.807, 2.05) is 54.6 Å². The Labute approximate surface area is 280 Å². The third kappa shape index (κ3) is 9.13. The lowest BCUT2D eigenvalue weighted by Crippen LogP contribution is -2.51. The van der Waals surface area contributed by atoms with Gasteiger partial charge in [0, 0.05) is 25.1 Å². The lowest BCUT2D eigenvalue weighted by Gasteiger charge is -2.24. The minimum atomic E-state index is -4.01. The molecule has 5 rings (SSSR count). The van der Waals surface area contributed by atoms with Gasteiger partial charge in [0.05, 0.1) is 5.75 Å². The molecule has 0 bridgehead atoms. The van der Waals surface area contributed by atoms with Gasteiger partial charge in [0.15, 0.2) is 0 Å². The fourth-order valence-electron chi connectivity index (χ4n) is 5.37. The smallest absolute Gasteiger partial charge is 0.243 e. The average Bonchev–Trinajstić information content (AvgIpc) is 3.09. The van der Waals surface area contributed by atoms with Crippen molar-refractivity contribution < 1.29 is 18.0 Å². The number of fused-ring (bicyclic) bond motifs is 1. The molecule has 2 amide bonds. The van der Waals surface area contributed by atoms with Gasteiger partial charge in [-0.05, 0) is 44.7 Å². The third-order valence-electron chi connectivity index (χ3n) is 7.90. The van der Waals surface area contributed by atoms with E-state index in [0.717, 1.165) is 27.5 Å². The third-order valence-corrected chi connectivity index (χ3v) is 9.21. The van der Waals surface area contributed by atoms with Crippen molar-refractivity contribution in [1.82, 2.24) is 15.4 Å². The fraction of sp³-hybridized carbons (Fsp3) is 0.162. The molecule has 0 radical (unpaired) electrons. The summed E-state index contributed by atoms with van der Waals surface area (Å²) in [6.45, 7) is 0.463. The van der Waals surface area contributed by atoms with Gasteiger partial charge in [0.1, 0.15) is 17.9 Å². The Kier molecular flexibility index (Phi) is 11.0. The van der Waals surface area contributed by atoms with E-state index >= 15 is 0 Å². The van der Waals surface area contributed by atoms with Crippen molar-refractivity contribution in [1.29, 1.82) is 5.41 Å². The van der Waals surface area contributed by atoms with Crippen molar-refractivity contribution in [2.45, 2.75) is 37.3 Å². The number of benzene rings is 5. The molecule has 2 unspecified atom stereocenters. The van der Waals surface area contributed by atoms with Crippen LogP contribution in [0.5, 0.6) is 0 Å². The van der Waals surface area contributed by atoms with Crippen molar-refractivity contribution in [3.63, 3.8) is 0 Å². The Balaban J connectivity index is 1.43. The quantitative estimate of drug-likeness (QED) is 0.0778. The number of nitrogens with two attached hydrogens (primary N) is 2. The zero-order chi connectivity index (χ0) is 34.1. The largest absolute Gasteiger partial charge is 0.384 e. The molecule has 0 aliphatic carbocycles. The molecule has 11 heteroatoms. The van der Waals surface area contributed by atoms with Crippen LogP contribution in [-0.2, 0) is 44.9 Å². The molecular weight excluding hydrogens is 625 g/mol. The Morgan fingerprint density at radius 2 is 1.38 bits per heavy atom. The Bertz CT molecular complexity index is 2020.